The SMILES string of the molecule is COc1cccc(C(=O)Cl)c1C.COc1cccc(C(=O)NN)c1C.NNCl. The highest BCUT2D eigenvalue weighted by Gasteiger charge is 2.10. The number of methoxy groups -OCH3 is 2. The fourth-order valence-corrected chi connectivity index (χ4v) is 2.41. The molecule has 10 heteroatoms. The normalized spacial score (nSPS) is 9.14. The molecule has 0 radical (unpaired) electrons. The van der Waals surface area contributed by atoms with Crippen molar-refractivity contribution in [2.75, 3.05) is 14.2 Å². The number of nitrogens with two attached hydrogens (primary N) is 2. The van der Waals surface area contributed by atoms with Crippen molar-refractivity contribution < 1.29 is 19.1 Å². The molecule has 1 amide bonds. The molecule has 0 heterocycles. The van der Waals surface area contributed by atoms with Gasteiger partial charge < -0.3 is 9.47 Å². The van der Waals surface area contributed by atoms with Crippen LogP contribution in [0.25, 0.3) is 0 Å². The Kier molecular flexibility index (Phi) is 12.6. The lowest BCUT2D eigenvalue weighted by atomic mass is 10.1. The van der Waals surface area contributed by atoms with E-state index in [0.29, 0.717) is 22.6 Å². The Morgan fingerprint density at radius 1 is 0.893 bits per heavy atom. The lowest BCUT2D eigenvalue weighted by Gasteiger charge is -2.08. The van der Waals surface area contributed by atoms with Crippen molar-refractivity contribution in [1.29, 1.82) is 0 Å². The maximum absolute atomic E-state index is 11.2. The molecule has 0 aliphatic carbocycles. The van der Waals surface area contributed by atoms with Crippen molar-refractivity contribution in [3.8, 4) is 11.5 Å². The maximum Gasteiger partial charge on any atom is 0.265 e. The quantitative estimate of drug-likeness (QED) is 0.193. The number of hydrazine groups is 2. The first-order valence-corrected chi connectivity index (χ1v) is 8.58. The maximum atomic E-state index is 11.2. The van der Waals surface area contributed by atoms with Gasteiger partial charge >= 0.3 is 0 Å². The number of rotatable bonds is 4. The first-order valence-electron chi connectivity index (χ1n) is 7.83. The van der Waals surface area contributed by atoms with Gasteiger partial charge in [-0.05, 0) is 61.5 Å². The minimum absolute atomic E-state index is 0.309. The molecule has 0 fully saturated rings. The monoisotopic (exact) mass is 430 g/mol. The molecular formula is C18H24Cl2N4O4. The van der Waals surface area contributed by atoms with Crippen molar-refractivity contribution in [2.24, 2.45) is 11.7 Å². The second-order valence-corrected chi connectivity index (χ2v) is 5.68. The van der Waals surface area contributed by atoms with E-state index in [2.05, 4.69) is 23.0 Å². The van der Waals surface area contributed by atoms with Gasteiger partial charge in [0.1, 0.15) is 11.5 Å². The first-order chi connectivity index (χ1) is 13.3. The van der Waals surface area contributed by atoms with Gasteiger partial charge in [-0.25, -0.2) is 5.84 Å². The van der Waals surface area contributed by atoms with Gasteiger partial charge in [-0.15, -0.1) is 0 Å². The van der Waals surface area contributed by atoms with E-state index in [1.54, 1.807) is 62.5 Å². The van der Waals surface area contributed by atoms with E-state index in [1.165, 1.54) is 0 Å². The number of ether oxygens (including phenoxy) is 2. The summed E-state index contributed by atoms with van der Waals surface area (Å²) in [7, 11) is 3.12. The van der Waals surface area contributed by atoms with Crippen molar-refractivity contribution in [3.63, 3.8) is 0 Å². The summed E-state index contributed by atoms with van der Waals surface area (Å²) in [5.74, 6) is 10.4. The zero-order valence-electron chi connectivity index (χ0n) is 16.0. The number of amides is 1. The molecule has 0 aliphatic rings. The Hall–Kier alpha value is -2.36. The van der Waals surface area contributed by atoms with Crippen molar-refractivity contribution in [1.82, 2.24) is 10.4 Å². The highest BCUT2D eigenvalue weighted by molar-refractivity contribution is 6.67. The van der Waals surface area contributed by atoms with Gasteiger partial charge in [-0.2, -0.15) is 4.94 Å². The van der Waals surface area contributed by atoms with Gasteiger partial charge in [0.25, 0.3) is 11.1 Å². The average molecular weight is 431 g/mol. The Balaban J connectivity index is 0.000000458. The molecule has 0 aromatic heterocycles. The molecule has 0 atom stereocenters. The molecule has 8 nitrogen and oxygen atoms in total. The van der Waals surface area contributed by atoms with E-state index in [9.17, 15) is 9.59 Å². The number of hydrogen-bond acceptors (Lipinski definition) is 7. The second kappa shape index (κ2) is 13.8. The van der Waals surface area contributed by atoms with Crippen LogP contribution in [0.2, 0.25) is 0 Å². The molecule has 0 saturated heterocycles. The zero-order valence-corrected chi connectivity index (χ0v) is 17.5. The van der Waals surface area contributed by atoms with E-state index in [-0.39, 0.29) is 5.91 Å². The molecule has 28 heavy (non-hydrogen) atoms. The van der Waals surface area contributed by atoms with Crippen LogP contribution >= 0.6 is 23.4 Å². The summed E-state index contributed by atoms with van der Waals surface area (Å²) >= 11 is 9.87. The first kappa shape index (κ1) is 25.6. The number of benzene rings is 2. The summed E-state index contributed by atoms with van der Waals surface area (Å²) in [6, 6.07) is 10.4. The third kappa shape index (κ3) is 7.71. The Labute approximate surface area is 174 Å². The summed E-state index contributed by atoms with van der Waals surface area (Å²) in [5, 5.41) is -0.452. The van der Waals surface area contributed by atoms with Crippen LogP contribution in [-0.2, 0) is 0 Å². The lowest BCUT2D eigenvalue weighted by molar-refractivity contribution is 0.0952. The van der Waals surface area contributed by atoms with Gasteiger partial charge in [0.2, 0.25) is 0 Å². The summed E-state index contributed by atoms with van der Waals surface area (Å²) in [5.41, 5.74) is 4.67. The fraction of sp³-hybridized carbons (Fsp3) is 0.222. The van der Waals surface area contributed by atoms with Gasteiger partial charge in [0.15, 0.2) is 0 Å². The smallest absolute Gasteiger partial charge is 0.265 e. The number of nitrogens with one attached hydrogen (secondary N) is 2. The minimum atomic E-state index is -0.452. The van der Waals surface area contributed by atoms with Gasteiger partial charge in [-0.1, -0.05) is 12.1 Å². The van der Waals surface area contributed by atoms with Crippen LogP contribution in [0.3, 0.4) is 0 Å². The third-order valence-electron chi connectivity index (χ3n) is 3.60. The van der Waals surface area contributed by atoms with Crippen LogP contribution in [0, 0.1) is 13.8 Å². The van der Waals surface area contributed by atoms with E-state index in [1.807, 2.05) is 6.92 Å². The average Bonchev–Trinajstić information content (AvgIpc) is 2.68. The van der Waals surface area contributed by atoms with Crippen LogP contribution in [0.1, 0.15) is 31.8 Å². The van der Waals surface area contributed by atoms with Crippen LogP contribution in [0.15, 0.2) is 36.4 Å². The van der Waals surface area contributed by atoms with Crippen LogP contribution in [0.5, 0.6) is 11.5 Å². The third-order valence-corrected chi connectivity index (χ3v) is 3.80. The molecule has 0 spiro atoms. The van der Waals surface area contributed by atoms with E-state index in [4.69, 9.17) is 26.9 Å². The standard InChI is InChI=1S/C9H9ClO2.C9H12N2O2.ClH3N2/c1-6-7(9(10)11)4-3-5-8(6)12-2;1-6-7(9(12)11-10)4-3-5-8(6)13-2;1-3-2/h3-5H,1-2H3;3-5H,10H2,1-2H3,(H,11,12);3H,2H2. The Bertz CT molecular complexity index is 788. The summed E-state index contributed by atoms with van der Waals surface area (Å²) in [6.07, 6.45) is 0. The molecule has 2 aromatic carbocycles. The number of hydrogen-bond donors (Lipinski definition) is 4. The molecule has 0 aliphatic heterocycles. The fourth-order valence-electron chi connectivity index (χ4n) is 2.21. The van der Waals surface area contributed by atoms with Gasteiger partial charge in [-0.3, -0.25) is 20.9 Å². The van der Waals surface area contributed by atoms with Crippen LogP contribution in [-0.4, -0.2) is 25.4 Å². The molecule has 154 valence electrons. The Morgan fingerprint density at radius 3 is 1.64 bits per heavy atom. The van der Waals surface area contributed by atoms with E-state index in [0.717, 1.165) is 11.1 Å². The molecule has 2 aromatic rings. The van der Waals surface area contributed by atoms with Crippen molar-refractivity contribution in [2.45, 2.75) is 13.8 Å². The zero-order chi connectivity index (χ0) is 21.7. The topological polar surface area (TPSA) is 129 Å². The summed E-state index contributed by atoms with van der Waals surface area (Å²) in [6.45, 7) is 3.61. The summed E-state index contributed by atoms with van der Waals surface area (Å²) in [4.78, 5) is 23.8. The largest absolute Gasteiger partial charge is 0.496 e. The molecular weight excluding hydrogens is 407 g/mol. The minimum Gasteiger partial charge on any atom is -0.496 e. The lowest BCUT2D eigenvalue weighted by Crippen LogP contribution is -2.30. The van der Waals surface area contributed by atoms with Crippen LogP contribution < -0.4 is 31.5 Å². The van der Waals surface area contributed by atoms with Crippen molar-refractivity contribution >= 4 is 34.5 Å². The molecule has 0 saturated carbocycles. The predicted molar refractivity (Wildman–Crippen MR) is 110 cm³/mol. The van der Waals surface area contributed by atoms with Crippen LogP contribution in [0.4, 0.5) is 0 Å². The number of carbonyl (C=O) groups excluding carboxylic acids is 2. The highest BCUT2D eigenvalue weighted by Crippen LogP contribution is 2.22. The molecule has 2 rings (SSSR count). The number of nitrogen functional groups attached to an aromatic ring is 1. The summed E-state index contributed by atoms with van der Waals surface area (Å²) < 4.78 is 10.1. The Morgan fingerprint density at radius 2 is 1.29 bits per heavy atom. The second-order valence-electron chi connectivity index (χ2n) is 5.12. The molecule has 0 unspecified atom stereocenters. The number of halogens is 2. The van der Waals surface area contributed by atoms with E-state index >= 15 is 0 Å². The molecule has 0 bridgehead atoms. The van der Waals surface area contributed by atoms with Gasteiger partial charge in [0.05, 0.1) is 14.2 Å². The predicted octanol–water partition coefficient (Wildman–Crippen LogP) is 2.59. The molecule has 6 N–H and O–H groups in total. The highest BCUT2D eigenvalue weighted by atomic mass is 35.5. The number of carbonyl (C=O) groups is 2. The van der Waals surface area contributed by atoms with Crippen molar-refractivity contribution in [3.05, 3.63) is 58.7 Å². The van der Waals surface area contributed by atoms with E-state index < -0.39 is 5.24 Å². The van der Waals surface area contributed by atoms with Gasteiger partial charge in [0, 0.05) is 22.3 Å².